The number of nitrogens with zero attached hydrogens (tertiary/aromatic N) is 1. The van der Waals surface area contributed by atoms with Gasteiger partial charge in [-0.2, -0.15) is 5.26 Å². The molecule has 0 radical (unpaired) electrons. The van der Waals surface area contributed by atoms with E-state index in [1.807, 2.05) is 12.1 Å². The molecule has 0 amide bonds. The fraction of sp³-hybridized carbons (Fsp3) is 0.364. The highest BCUT2D eigenvalue weighted by Crippen LogP contribution is 2.15. The Balaban J connectivity index is 3.31. The van der Waals surface area contributed by atoms with Crippen molar-refractivity contribution in [2.45, 2.75) is 19.6 Å². The Labute approximate surface area is 86.1 Å². The Morgan fingerprint density at radius 3 is 2.36 bits per heavy atom. The Morgan fingerprint density at radius 2 is 1.93 bits per heavy atom. The predicted molar refractivity (Wildman–Crippen MR) is 60.7 cm³/mol. The first kappa shape index (κ1) is 10.8. The van der Waals surface area contributed by atoms with Gasteiger partial charge in [-0.05, 0) is 23.4 Å². The summed E-state index contributed by atoms with van der Waals surface area (Å²) < 4.78 is 5.30. The molecular formula is C11H15NOSi. The maximum Gasteiger partial charge on any atom is 0.118 e. The van der Waals surface area contributed by atoms with Crippen LogP contribution in [0.3, 0.4) is 0 Å². The second-order valence-corrected chi connectivity index (χ2v) is 9.32. The Morgan fingerprint density at radius 1 is 1.29 bits per heavy atom. The fourth-order valence-corrected chi connectivity index (χ4v) is 2.88. The third kappa shape index (κ3) is 2.15. The first-order valence-corrected chi connectivity index (χ1v) is 8.07. The third-order valence-corrected chi connectivity index (χ3v) is 4.14. The normalized spacial score (nSPS) is 10.8. The molecule has 0 aliphatic carbocycles. The summed E-state index contributed by atoms with van der Waals surface area (Å²) in [4.78, 5) is 0. The number of nitriles is 1. The van der Waals surface area contributed by atoms with Crippen LogP contribution in [0.25, 0.3) is 0 Å². The first-order chi connectivity index (χ1) is 6.49. The van der Waals surface area contributed by atoms with Gasteiger partial charge in [-0.3, -0.25) is 0 Å². The monoisotopic (exact) mass is 205 g/mol. The number of benzene rings is 1. The van der Waals surface area contributed by atoms with Crippen LogP contribution >= 0.6 is 0 Å². The lowest BCUT2D eigenvalue weighted by Crippen LogP contribution is -2.38. The summed E-state index contributed by atoms with van der Waals surface area (Å²) in [6.07, 6.45) is 0. The van der Waals surface area contributed by atoms with Crippen molar-refractivity contribution in [3.8, 4) is 11.8 Å². The third-order valence-electron chi connectivity index (χ3n) is 2.14. The zero-order valence-electron chi connectivity index (χ0n) is 9.09. The van der Waals surface area contributed by atoms with Crippen molar-refractivity contribution < 1.29 is 4.74 Å². The SMILES string of the molecule is COc1ccc(C#N)cc1[Si](C)(C)C. The van der Waals surface area contributed by atoms with Crippen molar-refractivity contribution in [2.75, 3.05) is 7.11 Å². The average Bonchev–Trinajstić information content (AvgIpc) is 2.15. The summed E-state index contributed by atoms with van der Waals surface area (Å²) >= 11 is 0. The molecule has 0 saturated carbocycles. The molecular weight excluding hydrogens is 190 g/mol. The molecule has 0 atom stereocenters. The van der Waals surface area contributed by atoms with Gasteiger partial charge in [-0.15, -0.1) is 0 Å². The average molecular weight is 205 g/mol. The molecule has 0 fully saturated rings. The van der Waals surface area contributed by atoms with Crippen molar-refractivity contribution in [2.24, 2.45) is 0 Å². The van der Waals surface area contributed by atoms with Crippen LogP contribution in [-0.2, 0) is 0 Å². The fourth-order valence-electron chi connectivity index (χ4n) is 1.36. The zero-order chi connectivity index (χ0) is 10.8. The van der Waals surface area contributed by atoms with Crippen LogP contribution < -0.4 is 9.92 Å². The van der Waals surface area contributed by atoms with E-state index in [0.717, 1.165) is 5.75 Å². The van der Waals surface area contributed by atoms with Gasteiger partial charge in [0.15, 0.2) is 0 Å². The van der Waals surface area contributed by atoms with Gasteiger partial charge in [0, 0.05) is 0 Å². The summed E-state index contributed by atoms with van der Waals surface area (Å²) in [5.41, 5.74) is 0.711. The van der Waals surface area contributed by atoms with Gasteiger partial charge in [0.2, 0.25) is 0 Å². The van der Waals surface area contributed by atoms with Gasteiger partial charge in [0.05, 0.1) is 26.8 Å². The molecule has 0 heterocycles. The number of hydrogen-bond acceptors (Lipinski definition) is 2. The minimum Gasteiger partial charge on any atom is -0.497 e. The second-order valence-electron chi connectivity index (χ2n) is 4.28. The predicted octanol–water partition coefficient (Wildman–Crippen LogP) is 2.11. The van der Waals surface area contributed by atoms with Crippen molar-refractivity contribution in [1.29, 1.82) is 5.26 Å². The van der Waals surface area contributed by atoms with E-state index in [1.54, 1.807) is 13.2 Å². The number of rotatable bonds is 2. The van der Waals surface area contributed by atoms with E-state index >= 15 is 0 Å². The van der Waals surface area contributed by atoms with Gasteiger partial charge in [0.25, 0.3) is 0 Å². The quantitative estimate of drug-likeness (QED) is 0.693. The molecule has 2 nitrogen and oxygen atoms in total. The minimum absolute atomic E-state index is 0.711. The van der Waals surface area contributed by atoms with E-state index < -0.39 is 8.07 Å². The van der Waals surface area contributed by atoms with E-state index in [4.69, 9.17) is 10.00 Å². The van der Waals surface area contributed by atoms with Gasteiger partial charge in [-0.25, -0.2) is 0 Å². The maximum absolute atomic E-state index is 8.82. The number of methoxy groups -OCH3 is 1. The molecule has 0 bridgehead atoms. The maximum atomic E-state index is 8.82. The smallest absolute Gasteiger partial charge is 0.118 e. The molecule has 0 aromatic heterocycles. The molecule has 14 heavy (non-hydrogen) atoms. The Kier molecular flexibility index (Phi) is 2.97. The molecule has 1 aromatic carbocycles. The van der Waals surface area contributed by atoms with Crippen molar-refractivity contribution in [3.63, 3.8) is 0 Å². The van der Waals surface area contributed by atoms with Crippen LogP contribution in [-0.4, -0.2) is 15.2 Å². The van der Waals surface area contributed by atoms with E-state index in [-0.39, 0.29) is 0 Å². The van der Waals surface area contributed by atoms with Crippen molar-refractivity contribution >= 4 is 13.3 Å². The topological polar surface area (TPSA) is 33.0 Å². The molecule has 0 spiro atoms. The van der Waals surface area contributed by atoms with Gasteiger partial charge >= 0.3 is 0 Å². The van der Waals surface area contributed by atoms with E-state index in [0.29, 0.717) is 5.56 Å². The summed E-state index contributed by atoms with van der Waals surface area (Å²) in [7, 11) is 0.249. The highest BCUT2D eigenvalue weighted by Gasteiger charge is 2.21. The summed E-state index contributed by atoms with van der Waals surface area (Å²) in [6.45, 7) is 6.73. The lowest BCUT2D eigenvalue weighted by molar-refractivity contribution is 0.418. The van der Waals surface area contributed by atoms with Crippen molar-refractivity contribution in [1.82, 2.24) is 0 Å². The molecule has 0 aliphatic rings. The molecule has 74 valence electrons. The van der Waals surface area contributed by atoms with Crippen LogP contribution in [0, 0.1) is 11.3 Å². The molecule has 3 heteroatoms. The molecule has 0 N–H and O–H groups in total. The molecule has 0 unspecified atom stereocenters. The first-order valence-electron chi connectivity index (χ1n) is 4.57. The van der Waals surface area contributed by atoms with Crippen LogP contribution in [0.4, 0.5) is 0 Å². The summed E-state index contributed by atoms with van der Waals surface area (Å²) in [5, 5.41) is 10.0. The van der Waals surface area contributed by atoms with Crippen molar-refractivity contribution in [3.05, 3.63) is 23.8 Å². The lowest BCUT2D eigenvalue weighted by atomic mass is 10.2. The second kappa shape index (κ2) is 3.85. The van der Waals surface area contributed by atoms with Gasteiger partial charge in [-0.1, -0.05) is 19.6 Å². The molecule has 0 aliphatic heterocycles. The number of ether oxygens (including phenoxy) is 1. The number of hydrogen-bond donors (Lipinski definition) is 0. The van der Waals surface area contributed by atoms with Crippen LogP contribution in [0.15, 0.2) is 18.2 Å². The van der Waals surface area contributed by atoms with Crippen LogP contribution in [0.2, 0.25) is 19.6 Å². The van der Waals surface area contributed by atoms with E-state index in [1.165, 1.54) is 5.19 Å². The minimum atomic E-state index is -1.42. The molecule has 1 aromatic rings. The molecule has 0 saturated heterocycles. The van der Waals surface area contributed by atoms with Gasteiger partial charge < -0.3 is 4.74 Å². The van der Waals surface area contributed by atoms with E-state index in [2.05, 4.69) is 25.7 Å². The largest absolute Gasteiger partial charge is 0.497 e. The Bertz CT molecular complexity index is 374. The van der Waals surface area contributed by atoms with Crippen LogP contribution in [0.5, 0.6) is 5.75 Å². The van der Waals surface area contributed by atoms with Gasteiger partial charge in [0.1, 0.15) is 5.75 Å². The summed E-state index contributed by atoms with van der Waals surface area (Å²) in [6, 6.07) is 7.78. The zero-order valence-corrected chi connectivity index (χ0v) is 10.1. The standard InChI is InChI=1S/C11H15NOSi/c1-13-10-6-5-9(8-12)7-11(10)14(2,3)4/h5-7H,1-4H3. The lowest BCUT2D eigenvalue weighted by Gasteiger charge is -2.20. The highest BCUT2D eigenvalue weighted by molar-refractivity contribution is 6.89. The Hall–Kier alpha value is -1.27. The summed E-state index contributed by atoms with van der Waals surface area (Å²) in [5.74, 6) is 0.906. The highest BCUT2D eigenvalue weighted by atomic mass is 28.3. The van der Waals surface area contributed by atoms with Crippen LogP contribution in [0.1, 0.15) is 5.56 Å². The molecule has 1 rings (SSSR count). The van der Waals surface area contributed by atoms with E-state index in [9.17, 15) is 0 Å².